The second kappa shape index (κ2) is 3.93. The average molecular weight is 190 g/mol. The van der Waals surface area contributed by atoms with Gasteiger partial charge in [-0.25, -0.2) is 0 Å². The van der Waals surface area contributed by atoms with Crippen LogP contribution in [-0.4, -0.2) is 12.4 Å². The van der Waals surface area contributed by atoms with E-state index in [1.165, 1.54) is 0 Å². The summed E-state index contributed by atoms with van der Waals surface area (Å²) in [5, 5.41) is 0. The quantitative estimate of drug-likeness (QED) is 0.715. The summed E-state index contributed by atoms with van der Waals surface area (Å²) in [6.07, 6.45) is 0.836. The highest BCUT2D eigenvalue weighted by molar-refractivity contribution is 5.79. The highest BCUT2D eigenvalue weighted by Crippen LogP contribution is 2.34. The SMILES string of the molecule is CC(=O)[C@H]1CCO[C@H]1c1ccccc1. The minimum Gasteiger partial charge on any atom is -0.373 e. The van der Waals surface area contributed by atoms with Crippen molar-refractivity contribution < 1.29 is 9.53 Å². The van der Waals surface area contributed by atoms with Gasteiger partial charge in [-0.05, 0) is 18.9 Å². The van der Waals surface area contributed by atoms with Gasteiger partial charge in [-0.1, -0.05) is 30.3 Å². The molecule has 0 bridgehead atoms. The van der Waals surface area contributed by atoms with Gasteiger partial charge in [-0.3, -0.25) is 4.79 Å². The molecule has 2 heteroatoms. The summed E-state index contributed by atoms with van der Waals surface area (Å²) < 4.78 is 5.59. The van der Waals surface area contributed by atoms with Gasteiger partial charge in [0.1, 0.15) is 5.78 Å². The molecule has 0 saturated carbocycles. The van der Waals surface area contributed by atoms with Crippen LogP contribution in [0.5, 0.6) is 0 Å². The Bertz CT molecular complexity index is 318. The molecule has 0 N–H and O–H groups in total. The number of ketones is 1. The zero-order chi connectivity index (χ0) is 9.97. The molecule has 14 heavy (non-hydrogen) atoms. The number of rotatable bonds is 2. The van der Waals surface area contributed by atoms with Gasteiger partial charge in [0.25, 0.3) is 0 Å². The number of carbonyl (C=O) groups is 1. The predicted octanol–water partition coefficient (Wildman–Crippen LogP) is 2.35. The average Bonchev–Trinajstić information content (AvgIpc) is 2.67. The molecule has 0 amide bonds. The van der Waals surface area contributed by atoms with Gasteiger partial charge in [0.15, 0.2) is 0 Å². The molecule has 0 spiro atoms. The zero-order valence-corrected chi connectivity index (χ0v) is 8.27. The number of Topliss-reactive ketones (excluding diaryl/α,β-unsaturated/α-hetero) is 1. The molecule has 1 heterocycles. The van der Waals surface area contributed by atoms with Crippen LogP contribution in [0.25, 0.3) is 0 Å². The van der Waals surface area contributed by atoms with Crippen LogP contribution >= 0.6 is 0 Å². The van der Waals surface area contributed by atoms with Crippen LogP contribution in [0.4, 0.5) is 0 Å². The molecule has 0 radical (unpaired) electrons. The standard InChI is InChI=1S/C12H14O2/c1-9(13)11-7-8-14-12(11)10-5-3-2-4-6-10/h2-6,11-12H,7-8H2,1H3/t11-,12+/m1/s1. The fraction of sp³-hybridized carbons (Fsp3) is 0.417. The lowest BCUT2D eigenvalue weighted by Crippen LogP contribution is -2.15. The second-order valence-corrected chi connectivity index (χ2v) is 3.71. The molecule has 1 aliphatic rings. The molecule has 74 valence electrons. The minimum atomic E-state index is -0.0197. The molecular weight excluding hydrogens is 176 g/mol. The van der Waals surface area contributed by atoms with E-state index in [4.69, 9.17) is 4.74 Å². The Hall–Kier alpha value is -1.15. The maximum Gasteiger partial charge on any atom is 0.135 e. The first-order valence-corrected chi connectivity index (χ1v) is 4.96. The summed E-state index contributed by atoms with van der Waals surface area (Å²) >= 11 is 0. The number of hydrogen-bond donors (Lipinski definition) is 0. The number of carbonyl (C=O) groups excluding carboxylic acids is 1. The van der Waals surface area contributed by atoms with Crippen molar-refractivity contribution in [1.29, 1.82) is 0 Å². The van der Waals surface area contributed by atoms with E-state index in [0.29, 0.717) is 6.61 Å². The van der Waals surface area contributed by atoms with Gasteiger partial charge < -0.3 is 4.74 Å². The van der Waals surface area contributed by atoms with Crippen molar-refractivity contribution in [2.24, 2.45) is 5.92 Å². The third-order valence-corrected chi connectivity index (χ3v) is 2.74. The zero-order valence-electron chi connectivity index (χ0n) is 8.27. The van der Waals surface area contributed by atoms with E-state index in [1.807, 2.05) is 30.3 Å². The Morgan fingerprint density at radius 1 is 1.36 bits per heavy atom. The molecule has 0 aromatic heterocycles. The molecule has 1 fully saturated rings. The smallest absolute Gasteiger partial charge is 0.135 e. The van der Waals surface area contributed by atoms with Crippen molar-refractivity contribution in [1.82, 2.24) is 0 Å². The molecule has 1 aliphatic heterocycles. The van der Waals surface area contributed by atoms with Crippen molar-refractivity contribution in [3.8, 4) is 0 Å². The Kier molecular flexibility index (Phi) is 2.64. The lowest BCUT2D eigenvalue weighted by Gasteiger charge is -2.15. The maximum atomic E-state index is 11.3. The third kappa shape index (κ3) is 1.70. The Labute approximate surface area is 83.9 Å². The van der Waals surface area contributed by atoms with Crippen LogP contribution < -0.4 is 0 Å². The lowest BCUT2D eigenvalue weighted by molar-refractivity contribution is -0.122. The van der Waals surface area contributed by atoms with E-state index in [1.54, 1.807) is 6.92 Å². The van der Waals surface area contributed by atoms with Crippen molar-refractivity contribution in [3.63, 3.8) is 0 Å². The number of hydrogen-bond acceptors (Lipinski definition) is 2. The molecule has 1 saturated heterocycles. The van der Waals surface area contributed by atoms with Crippen molar-refractivity contribution in [2.45, 2.75) is 19.4 Å². The largest absolute Gasteiger partial charge is 0.373 e. The molecule has 2 rings (SSSR count). The summed E-state index contributed by atoms with van der Waals surface area (Å²) in [4.78, 5) is 11.3. The number of benzene rings is 1. The van der Waals surface area contributed by atoms with Crippen LogP contribution in [0, 0.1) is 5.92 Å². The fourth-order valence-corrected chi connectivity index (χ4v) is 1.98. The van der Waals surface area contributed by atoms with Gasteiger partial charge in [0, 0.05) is 12.5 Å². The van der Waals surface area contributed by atoms with Crippen LogP contribution in [0.3, 0.4) is 0 Å². The number of ether oxygens (including phenoxy) is 1. The monoisotopic (exact) mass is 190 g/mol. The van der Waals surface area contributed by atoms with E-state index < -0.39 is 0 Å². The van der Waals surface area contributed by atoms with Gasteiger partial charge in [0.05, 0.1) is 6.10 Å². The summed E-state index contributed by atoms with van der Waals surface area (Å²) in [6.45, 7) is 2.35. The normalized spacial score (nSPS) is 26.4. The van der Waals surface area contributed by atoms with Crippen LogP contribution in [-0.2, 0) is 9.53 Å². The summed E-state index contributed by atoms with van der Waals surface area (Å²) in [5.74, 6) is 0.286. The van der Waals surface area contributed by atoms with Crippen LogP contribution in [0.15, 0.2) is 30.3 Å². The maximum absolute atomic E-state index is 11.3. The topological polar surface area (TPSA) is 26.3 Å². The third-order valence-electron chi connectivity index (χ3n) is 2.74. The van der Waals surface area contributed by atoms with Crippen LogP contribution in [0.1, 0.15) is 25.0 Å². The van der Waals surface area contributed by atoms with Gasteiger partial charge in [-0.15, -0.1) is 0 Å². The summed E-state index contributed by atoms with van der Waals surface area (Å²) in [5.41, 5.74) is 1.12. The second-order valence-electron chi connectivity index (χ2n) is 3.71. The molecule has 0 aliphatic carbocycles. The van der Waals surface area contributed by atoms with Gasteiger partial charge in [-0.2, -0.15) is 0 Å². The molecule has 0 unspecified atom stereocenters. The summed E-state index contributed by atoms with van der Waals surface area (Å²) in [6, 6.07) is 9.97. The first kappa shape index (κ1) is 9.41. The first-order valence-electron chi connectivity index (χ1n) is 4.96. The van der Waals surface area contributed by atoms with Crippen molar-refractivity contribution in [3.05, 3.63) is 35.9 Å². The molecule has 2 nitrogen and oxygen atoms in total. The van der Waals surface area contributed by atoms with Gasteiger partial charge in [0.2, 0.25) is 0 Å². The highest BCUT2D eigenvalue weighted by atomic mass is 16.5. The van der Waals surface area contributed by atoms with Crippen LogP contribution in [0.2, 0.25) is 0 Å². The van der Waals surface area contributed by atoms with E-state index in [9.17, 15) is 4.79 Å². The molecular formula is C12H14O2. The van der Waals surface area contributed by atoms with E-state index in [0.717, 1.165) is 12.0 Å². The molecule has 1 aromatic carbocycles. The first-order chi connectivity index (χ1) is 6.79. The van der Waals surface area contributed by atoms with Crippen molar-refractivity contribution >= 4 is 5.78 Å². The van der Waals surface area contributed by atoms with Gasteiger partial charge >= 0.3 is 0 Å². The van der Waals surface area contributed by atoms with E-state index in [2.05, 4.69) is 0 Å². The Morgan fingerprint density at radius 2 is 2.07 bits per heavy atom. The molecule has 1 aromatic rings. The summed E-state index contributed by atoms with van der Waals surface area (Å²) in [7, 11) is 0. The fourth-order valence-electron chi connectivity index (χ4n) is 1.98. The predicted molar refractivity (Wildman–Crippen MR) is 53.9 cm³/mol. The highest BCUT2D eigenvalue weighted by Gasteiger charge is 2.32. The lowest BCUT2D eigenvalue weighted by atomic mass is 9.92. The molecule has 2 atom stereocenters. The minimum absolute atomic E-state index is 0.0197. The Balaban J connectivity index is 2.22. The van der Waals surface area contributed by atoms with Crippen molar-refractivity contribution in [2.75, 3.05) is 6.61 Å². The van der Waals surface area contributed by atoms with E-state index in [-0.39, 0.29) is 17.8 Å². The van der Waals surface area contributed by atoms with E-state index >= 15 is 0 Å². The Morgan fingerprint density at radius 3 is 2.71 bits per heavy atom.